The molecule has 0 fully saturated rings. The van der Waals surface area contributed by atoms with Gasteiger partial charge in [0.2, 0.25) is 0 Å². The predicted octanol–water partition coefficient (Wildman–Crippen LogP) is 4.00. The summed E-state index contributed by atoms with van der Waals surface area (Å²) in [5.41, 5.74) is 3.53. The van der Waals surface area contributed by atoms with Crippen LogP contribution in [0.15, 0.2) is 39.2 Å². The van der Waals surface area contributed by atoms with Crippen molar-refractivity contribution in [2.24, 2.45) is 5.10 Å². The Bertz CT molecular complexity index is 673. The molecule has 0 saturated carbocycles. The molecule has 0 atom stereocenters. The van der Waals surface area contributed by atoms with E-state index in [0.29, 0.717) is 10.8 Å². The van der Waals surface area contributed by atoms with Crippen molar-refractivity contribution in [3.05, 3.63) is 49.6 Å². The van der Waals surface area contributed by atoms with Crippen molar-refractivity contribution < 1.29 is 9.53 Å². The van der Waals surface area contributed by atoms with E-state index in [1.165, 1.54) is 0 Å². The molecule has 4 nitrogen and oxygen atoms in total. The van der Waals surface area contributed by atoms with Crippen LogP contribution in [0.3, 0.4) is 0 Å². The SMILES string of the molecule is Cc1ccsc1C=NNC(=O)COc1ccc(Br)cc1Cl. The molecule has 0 aliphatic heterocycles. The molecule has 0 saturated heterocycles. The lowest BCUT2D eigenvalue weighted by Crippen LogP contribution is -2.24. The summed E-state index contributed by atoms with van der Waals surface area (Å²) in [7, 11) is 0. The number of thiophene rings is 1. The van der Waals surface area contributed by atoms with Crippen LogP contribution in [0.4, 0.5) is 0 Å². The molecule has 110 valence electrons. The van der Waals surface area contributed by atoms with Gasteiger partial charge in [-0.05, 0) is 42.1 Å². The fourth-order valence-electron chi connectivity index (χ4n) is 1.45. The van der Waals surface area contributed by atoms with E-state index in [0.717, 1.165) is 14.9 Å². The van der Waals surface area contributed by atoms with Crippen molar-refractivity contribution in [1.29, 1.82) is 0 Å². The predicted molar refractivity (Wildman–Crippen MR) is 89.4 cm³/mol. The van der Waals surface area contributed by atoms with Gasteiger partial charge in [-0.2, -0.15) is 5.10 Å². The monoisotopic (exact) mass is 386 g/mol. The van der Waals surface area contributed by atoms with Gasteiger partial charge in [0, 0.05) is 9.35 Å². The first-order chi connectivity index (χ1) is 10.1. The lowest BCUT2D eigenvalue weighted by Gasteiger charge is -2.07. The van der Waals surface area contributed by atoms with Crippen LogP contribution >= 0.6 is 38.9 Å². The molecule has 1 amide bonds. The number of benzene rings is 1. The van der Waals surface area contributed by atoms with E-state index in [4.69, 9.17) is 16.3 Å². The van der Waals surface area contributed by atoms with Gasteiger partial charge in [0.05, 0.1) is 11.2 Å². The highest BCUT2D eigenvalue weighted by Crippen LogP contribution is 2.27. The molecule has 21 heavy (non-hydrogen) atoms. The second kappa shape index (κ2) is 7.59. The molecule has 0 aliphatic carbocycles. The minimum atomic E-state index is -0.348. The molecule has 2 aromatic rings. The second-order valence-electron chi connectivity index (χ2n) is 4.12. The van der Waals surface area contributed by atoms with Gasteiger partial charge in [0.25, 0.3) is 5.91 Å². The van der Waals surface area contributed by atoms with Gasteiger partial charge in [-0.3, -0.25) is 4.79 Å². The zero-order valence-electron chi connectivity index (χ0n) is 11.1. The molecule has 0 spiro atoms. The maximum absolute atomic E-state index is 11.6. The molecule has 1 aromatic heterocycles. The summed E-state index contributed by atoms with van der Waals surface area (Å²) in [6.07, 6.45) is 1.62. The van der Waals surface area contributed by atoms with Gasteiger partial charge in [0.15, 0.2) is 6.61 Å². The first-order valence-corrected chi connectivity index (χ1v) is 8.05. The summed E-state index contributed by atoms with van der Waals surface area (Å²) in [6, 6.07) is 7.17. The zero-order chi connectivity index (χ0) is 15.2. The zero-order valence-corrected chi connectivity index (χ0v) is 14.3. The normalized spacial score (nSPS) is 10.8. The molecule has 1 aromatic carbocycles. The number of hydrogen-bond donors (Lipinski definition) is 1. The summed E-state index contributed by atoms with van der Waals surface area (Å²) < 4.78 is 6.18. The van der Waals surface area contributed by atoms with E-state index in [-0.39, 0.29) is 12.5 Å². The quantitative estimate of drug-likeness (QED) is 0.623. The Labute approximate surface area is 139 Å². The van der Waals surface area contributed by atoms with E-state index in [1.807, 2.05) is 18.4 Å². The highest BCUT2D eigenvalue weighted by molar-refractivity contribution is 9.10. The molecule has 0 radical (unpaired) electrons. The second-order valence-corrected chi connectivity index (χ2v) is 6.40. The van der Waals surface area contributed by atoms with Gasteiger partial charge >= 0.3 is 0 Å². The smallest absolute Gasteiger partial charge is 0.277 e. The number of ether oxygens (including phenoxy) is 1. The lowest BCUT2D eigenvalue weighted by atomic mass is 10.3. The maximum atomic E-state index is 11.6. The van der Waals surface area contributed by atoms with Gasteiger partial charge in [-0.1, -0.05) is 27.5 Å². The molecule has 0 bridgehead atoms. The first-order valence-electron chi connectivity index (χ1n) is 6.00. The Morgan fingerprint density at radius 3 is 3.00 bits per heavy atom. The van der Waals surface area contributed by atoms with Crippen LogP contribution in [-0.2, 0) is 4.79 Å². The molecule has 1 heterocycles. The Morgan fingerprint density at radius 2 is 2.33 bits per heavy atom. The standard InChI is InChI=1S/C14H12BrClN2O2S/c1-9-4-5-21-13(9)7-17-18-14(19)8-20-12-3-2-10(15)6-11(12)16/h2-7H,8H2,1H3,(H,18,19). The van der Waals surface area contributed by atoms with Crippen molar-refractivity contribution in [1.82, 2.24) is 5.43 Å². The lowest BCUT2D eigenvalue weighted by molar-refractivity contribution is -0.123. The topological polar surface area (TPSA) is 50.7 Å². The highest BCUT2D eigenvalue weighted by Gasteiger charge is 2.05. The number of nitrogens with one attached hydrogen (secondary N) is 1. The molecular weight excluding hydrogens is 376 g/mol. The van der Waals surface area contributed by atoms with Crippen LogP contribution in [0.1, 0.15) is 10.4 Å². The van der Waals surface area contributed by atoms with Crippen LogP contribution in [0.5, 0.6) is 5.75 Å². The summed E-state index contributed by atoms with van der Waals surface area (Å²) in [5, 5.41) is 6.30. The Balaban J connectivity index is 1.82. The highest BCUT2D eigenvalue weighted by atomic mass is 79.9. The summed E-state index contributed by atoms with van der Waals surface area (Å²) in [5.74, 6) is 0.104. The number of hydrogen-bond acceptors (Lipinski definition) is 4. The van der Waals surface area contributed by atoms with E-state index < -0.39 is 0 Å². The number of hydrazone groups is 1. The average Bonchev–Trinajstić information content (AvgIpc) is 2.83. The minimum Gasteiger partial charge on any atom is -0.482 e. The third-order valence-electron chi connectivity index (χ3n) is 2.53. The molecule has 1 N–H and O–H groups in total. The minimum absolute atomic E-state index is 0.151. The fourth-order valence-corrected chi connectivity index (χ4v) is 2.96. The fraction of sp³-hybridized carbons (Fsp3) is 0.143. The van der Waals surface area contributed by atoms with Gasteiger partial charge in [0.1, 0.15) is 5.75 Å². The third-order valence-corrected chi connectivity index (χ3v) is 4.27. The van der Waals surface area contributed by atoms with E-state index in [2.05, 4.69) is 26.5 Å². The molecule has 0 aliphatic rings. The van der Waals surface area contributed by atoms with Crippen LogP contribution in [0.25, 0.3) is 0 Å². The van der Waals surface area contributed by atoms with E-state index in [9.17, 15) is 4.79 Å². The third kappa shape index (κ3) is 4.84. The van der Waals surface area contributed by atoms with Crippen LogP contribution < -0.4 is 10.2 Å². The molecular formula is C14H12BrClN2O2S. The van der Waals surface area contributed by atoms with Crippen LogP contribution in [0.2, 0.25) is 5.02 Å². The number of carbonyl (C=O) groups is 1. The summed E-state index contributed by atoms with van der Waals surface area (Å²) in [6.45, 7) is 1.83. The van der Waals surface area contributed by atoms with Crippen LogP contribution in [0, 0.1) is 6.92 Å². The first kappa shape index (κ1) is 16.0. The van der Waals surface area contributed by atoms with Gasteiger partial charge in [-0.15, -0.1) is 11.3 Å². The number of nitrogens with zero attached hydrogens (tertiary/aromatic N) is 1. The van der Waals surface area contributed by atoms with Crippen molar-refractivity contribution in [3.8, 4) is 5.75 Å². The average molecular weight is 388 g/mol. The van der Waals surface area contributed by atoms with Gasteiger partial charge in [-0.25, -0.2) is 5.43 Å². The van der Waals surface area contributed by atoms with Crippen molar-refractivity contribution >= 4 is 51.0 Å². The Hall–Kier alpha value is -1.37. The van der Waals surface area contributed by atoms with Gasteiger partial charge < -0.3 is 4.74 Å². The maximum Gasteiger partial charge on any atom is 0.277 e. The van der Waals surface area contributed by atoms with Crippen molar-refractivity contribution in [3.63, 3.8) is 0 Å². The summed E-state index contributed by atoms with van der Waals surface area (Å²) in [4.78, 5) is 12.6. The number of carbonyl (C=O) groups excluding carboxylic acids is 1. The number of rotatable bonds is 5. The van der Waals surface area contributed by atoms with E-state index >= 15 is 0 Å². The van der Waals surface area contributed by atoms with Crippen LogP contribution in [-0.4, -0.2) is 18.7 Å². The molecule has 2 rings (SSSR count). The largest absolute Gasteiger partial charge is 0.482 e. The summed E-state index contributed by atoms with van der Waals surface area (Å²) >= 11 is 10.8. The number of halogens is 2. The molecule has 0 unspecified atom stereocenters. The number of aryl methyl sites for hydroxylation is 1. The number of amides is 1. The Kier molecular flexibility index (Phi) is 5.78. The van der Waals surface area contributed by atoms with Crippen molar-refractivity contribution in [2.75, 3.05) is 6.61 Å². The van der Waals surface area contributed by atoms with E-state index in [1.54, 1.807) is 35.8 Å². The molecule has 7 heteroatoms. The Morgan fingerprint density at radius 1 is 1.52 bits per heavy atom. The van der Waals surface area contributed by atoms with Crippen molar-refractivity contribution in [2.45, 2.75) is 6.92 Å².